The Kier molecular flexibility index (Phi) is 4.49. The minimum atomic E-state index is -0.769. The van der Waals surface area contributed by atoms with Crippen molar-refractivity contribution in [3.63, 3.8) is 0 Å². The van der Waals surface area contributed by atoms with E-state index in [4.69, 9.17) is 5.11 Å². The number of nitrogens with zero attached hydrogens (tertiary/aromatic N) is 1. The summed E-state index contributed by atoms with van der Waals surface area (Å²) in [5.74, 6) is -0.477. The molecule has 0 radical (unpaired) electrons. The lowest BCUT2D eigenvalue weighted by atomic mass is 9.72. The Labute approximate surface area is 153 Å². The molecule has 4 nitrogen and oxygen atoms in total. The molecule has 26 heavy (non-hydrogen) atoms. The van der Waals surface area contributed by atoms with Crippen molar-refractivity contribution in [3.05, 3.63) is 71.3 Å². The van der Waals surface area contributed by atoms with Crippen LogP contribution in [0.1, 0.15) is 42.0 Å². The maximum Gasteiger partial charge on any atom is 0.303 e. The number of carboxylic acid groups (broad SMARTS) is 1. The molecule has 1 N–H and O–H groups in total. The van der Waals surface area contributed by atoms with Gasteiger partial charge < -0.3 is 10.0 Å². The van der Waals surface area contributed by atoms with E-state index in [9.17, 15) is 9.59 Å². The van der Waals surface area contributed by atoms with E-state index in [0.717, 1.165) is 18.5 Å². The van der Waals surface area contributed by atoms with Crippen LogP contribution in [0.25, 0.3) is 0 Å². The number of rotatable bonds is 4. The van der Waals surface area contributed by atoms with Crippen molar-refractivity contribution in [1.29, 1.82) is 0 Å². The van der Waals surface area contributed by atoms with E-state index < -0.39 is 5.97 Å². The number of fused-ring (bicyclic) bond motifs is 1. The molecule has 1 fully saturated rings. The number of carboxylic acids is 1. The average Bonchev–Trinajstić information content (AvgIpc) is 2.63. The van der Waals surface area contributed by atoms with Gasteiger partial charge in [-0.25, -0.2) is 0 Å². The number of amides is 1. The van der Waals surface area contributed by atoms with Crippen LogP contribution in [0.5, 0.6) is 0 Å². The summed E-state index contributed by atoms with van der Waals surface area (Å²) in [5, 5.41) is 8.93. The molecule has 2 aromatic carbocycles. The lowest BCUT2D eigenvalue weighted by molar-refractivity contribution is -0.146. The molecule has 134 valence electrons. The van der Waals surface area contributed by atoms with Crippen molar-refractivity contribution in [2.75, 3.05) is 6.54 Å². The summed E-state index contributed by atoms with van der Waals surface area (Å²) in [4.78, 5) is 26.1. The Balaban J connectivity index is 1.59. The number of aliphatic carboxylic acids is 1. The second kappa shape index (κ2) is 6.94. The van der Waals surface area contributed by atoms with Crippen molar-refractivity contribution in [3.8, 4) is 0 Å². The summed E-state index contributed by atoms with van der Waals surface area (Å²) in [5.41, 5.74) is 3.65. The van der Waals surface area contributed by atoms with E-state index in [1.165, 1.54) is 11.1 Å². The number of hydrogen-bond acceptors (Lipinski definition) is 2. The maximum atomic E-state index is 13.2. The van der Waals surface area contributed by atoms with E-state index in [1.54, 1.807) is 0 Å². The molecule has 0 unspecified atom stereocenters. The Hall–Kier alpha value is -2.62. The van der Waals surface area contributed by atoms with Crippen LogP contribution in [-0.4, -0.2) is 28.4 Å². The lowest BCUT2D eigenvalue weighted by Gasteiger charge is -2.43. The van der Waals surface area contributed by atoms with Gasteiger partial charge in [-0.2, -0.15) is 0 Å². The summed E-state index contributed by atoms with van der Waals surface area (Å²) in [6, 6.07) is 18.5. The molecule has 4 heteroatoms. The van der Waals surface area contributed by atoms with Crippen LogP contribution in [-0.2, 0) is 16.0 Å². The van der Waals surface area contributed by atoms with Crippen LogP contribution >= 0.6 is 0 Å². The molecule has 0 spiro atoms. The summed E-state index contributed by atoms with van der Waals surface area (Å²) < 4.78 is 0. The van der Waals surface area contributed by atoms with E-state index in [-0.39, 0.29) is 30.2 Å². The van der Waals surface area contributed by atoms with Crippen molar-refractivity contribution < 1.29 is 14.7 Å². The molecule has 2 aliphatic rings. The molecule has 0 bridgehead atoms. The van der Waals surface area contributed by atoms with Crippen LogP contribution < -0.4 is 0 Å². The third-order valence-electron chi connectivity index (χ3n) is 5.73. The topological polar surface area (TPSA) is 57.6 Å². The number of benzene rings is 2. The van der Waals surface area contributed by atoms with Crippen molar-refractivity contribution in [2.45, 2.75) is 31.7 Å². The monoisotopic (exact) mass is 349 g/mol. The van der Waals surface area contributed by atoms with Gasteiger partial charge in [-0.15, -0.1) is 0 Å². The van der Waals surface area contributed by atoms with Gasteiger partial charge >= 0.3 is 5.97 Å². The third kappa shape index (κ3) is 3.12. The first kappa shape index (κ1) is 16.8. The van der Waals surface area contributed by atoms with E-state index in [0.29, 0.717) is 12.8 Å². The fraction of sp³-hybridized carbons (Fsp3) is 0.364. The molecule has 1 aliphatic carbocycles. The van der Waals surface area contributed by atoms with Gasteiger partial charge in [0.25, 0.3) is 0 Å². The van der Waals surface area contributed by atoms with Gasteiger partial charge in [0.05, 0.1) is 6.04 Å². The van der Waals surface area contributed by atoms with Gasteiger partial charge in [0, 0.05) is 18.9 Å². The zero-order valence-corrected chi connectivity index (χ0v) is 14.7. The van der Waals surface area contributed by atoms with Crippen LogP contribution in [0.15, 0.2) is 54.6 Å². The van der Waals surface area contributed by atoms with Crippen LogP contribution in [0, 0.1) is 11.8 Å². The number of carbonyl (C=O) groups excluding carboxylic acids is 1. The first-order chi connectivity index (χ1) is 12.6. The normalized spacial score (nSPS) is 24.5. The molecule has 1 atom stereocenters. The summed E-state index contributed by atoms with van der Waals surface area (Å²) in [6.45, 7) is 0.718. The van der Waals surface area contributed by atoms with Gasteiger partial charge in [-0.05, 0) is 41.9 Å². The van der Waals surface area contributed by atoms with Gasteiger partial charge in [0.1, 0.15) is 0 Å². The maximum absolute atomic E-state index is 13.2. The second-order valence-corrected chi connectivity index (χ2v) is 7.43. The highest BCUT2D eigenvalue weighted by Gasteiger charge is 2.41. The predicted molar refractivity (Wildman–Crippen MR) is 98.6 cm³/mol. The zero-order valence-electron chi connectivity index (χ0n) is 14.7. The highest BCUT2D eigenvalue weighted by atomic mass is 16.4. The van der Waals surface area contributed by atoms with Gasteiger partial charge in [0.2, 0.25) is 5.91 Å². The fourth-order valence-electron chi connectivity index (χ4n) is 4.38. The highest BCUT2D eigenvalue weighted by molar-refractivity contribution is 5.81. The molecule has 1 saturated carbocycles. The van der Waals surface area contributed by atoms with E-state index >= 15 is 0 Å². The third-order valence-corrected chi connectivity index (χ3v) is 5.73. The minimum Gasteiger partial charge on any atom is -0.481 e. The fourth-order valence-corrected chi connectivity index (χ4v) is 4.38. The van der Waals surface area contributed by atoms with Crippen LogP contribution in [0.3, 0.4) is 0 Å². The molecule has 4 rings (SSSR count). The first-order valence-corrected chi connectivity index (χ1v) is 9.28. The molecule has 2 aromatic rings. The molecule has 1 aliphatic heterocycles. The molecular weight excluding hydrogens is 326 g/mol. The molecule has 0 saturated heterocycles. The predicted octanol–water partition coefficient (Wildman–Crippen LogP) is 3.66. The van der Waals surface area contributed by atoms with Crippen molar-refractivity contribution in [1.82, 2.24) is 4.90 Å². The molecule has 1 amide bonds. The average molecular weight is 349 g/mol. The number of carbonyl (C=O) groups is 2. The lowest BCUT2D eigenvalue weighted by Crippen LogP contribution is -2.47. The molecule has 1 heterocycles. The zero-order chi connectivity index (χ0) is 18.1. The van der Waals surface area contributed by atoms with Gasteiger partial charge in [-0.1, -0.05) is 54.6 Å². The largest absolute Gasteiger partial charge is 0.481 e. The van der Waals surface area contributed by atoms with Crippen molar-refractivity contribution >= 4 is 11.9 Å². The minimum absolute atomic E-state index is 0.0316. The highest BCUT2D eigenvalue weighted by Crippen LogP contribution is 2.41. The van der Waals surface area contributed by atoms with Gasteiger partial charge in [-0.3, -0.25) is 9.59 Å². The van der Waals surface area contributed by atoms with E-state index in [2.05, 4.69) is 30.3 Å². The summed E-state index contributed by atoms with van der Waals surface area (Å²) in [6.07, 6.45) is 2.45. The standard InChI is InChI=1S/C22H23NO3/c24-20(25)14-15-12-18(13-15)22(26)23-11-10-16-6-4-5-9-19(16)21(23)17-7-2-1-3-8-17/h1-9,15,18,21H,10-14H2,(H,24,25)/t15?,18?,21-/m0/s1. The van der Waals surface area contributed by atoms with Gasteiger partial charge in [0.15, 0.2) is 0 Å². The molecule has 0 aromatic heterocycles. The number of hydrogen-bond donors (Lipinski definition) is 1. The summed E-state index contributed by atoms with van der Waals surface area (Å²) >= 11 is 0. The Morgan fingerprint density at radius 1 is 1.00 bits per heavy atom. The quantitative estimate of drug-likeness (QED) is 0.916. The Morgan fingerprint density at radius 3 is 2.42 bits per heavy atom. The first-order valence-electron chi connectivity index (χ1n) is 9.28. The smallest absolute Gasteiger partial charge is 0.303 e. The Morgan fingerprint density at radius 2 is 1.69 bits per heavy atom. The van der Waals surface area contributed by atoms with Crippen LogP contribution in [0.2, 0.25) is 0 Å². The van der Waals surface area contributed by atoms with Crippen molar-refractivity contribution in [2.24, 2.45) is 11.8 Å². The Bertz CT molecular complexity index is 811. The summed E-state index contributed by atoms with van der Waals surface area (Å²) in [7, 11) is 0. The van der Waals surface area contributed by atoms with E-state index in [1.807, 2.05) is 29.2 Å². The van der Waals surface area contributed by atoms with Crippen LogP contribution in [0.4, 0.5) is 0 Å². The SMILES string of the molecule is O=C(O)CC1CC(C(=O)N2CCc3ccccc3[C@@H]2c2ccccc2)C1. The molecular formula is C22H23NO3. The second-order valence-electron chi connectivity index (χ2n) is 7.43.